The Morgan fingerprint density at radius 1 is 1.60 bits per heavy atom. The lowest BCUT2D eigenvalue weighted by molar-refractivity contribution is -0.0471. The maximum absolute atomic E-state index is 11.9. The van der Waals surface area contributed by atoms with Crippen molar-refractivity contribution in [2.45, 2.75) is 19.0 Å². The molecule has 0 radical (unpaired) electrons. The molecule has 0 aromatic heterocycles. The van der Waals surface area contributed by atoms with Crippen molar-refractivity contribution < 1.29 is 18.6 Å². The zero-order chi connectivity index (χ0) is 7.56. The van der Waals surface area contributed by atoms with Gasteiger partial charge in [0.2, 0.25) is 0 Å². The van der Waals surface area contributed by atoms with Crippen molar-refractivity contribution in [1.29, 1.82) is 0 Å². The van der Waals surface area contributed by atoms with Crippen molar-refractivity contribution in [1.82, 2.24) is 0 Å². The molecule has 1 fully saturated rings. The molecule has 0 amide bonds. The number of rotatable bonds is 2. The second kappa shape index (κ2) is 3.25. The molecule has 4 heteroatoms. The summed E-state index contributed by atoms with van der Waals surface area (Å²) < 4.78 is 28.6. The van der Waals surface area contributed by atoms with Crippen molar-refractivity contribution in [2.75, 3.05) is 13.2 Å². The summed E-state index contributed by atoms with van der Waals surface area (Å²) >= 11 is 0. The number of aliphatic hydroxyl groups is 1. The molecular formula is C6H10F2O2. The van der Waals surface area contributed by atoms with E-state index >= 15 is 0 Å². The Hall–Kier alpha value is -0.220. The van der Waals surface area contributed by atoms with E-state index in [1.165, 1.54) is 0 Å². The molecule has 0 unspecified atom stereocenters. The monoisotopic (exact) mass is 152 g/mol. The first-order chi connectivity index (χ1) is 4.75. The summed E-state index contributed by atoms with van der Waals surface area (Å²) in [4.78, 5) is 0. The first-order valence-electron chi connectivity index (χ1n) is 3.26. The second-order valence-corrected chi connectivity index (χ2v) is 2.40. The molecule has 10 heavy (non-hydrogen) atoms. The molecule has 0 bridgehead atoms. The largest absolute Gasteiger partial charge is 0.396 e. The summed E-state index contributed by atoms with van der Waals surface area (Å²) in [5, 5.41) is 8.57. The minimum Gasteiger partial charge on any atom is -0.396 e. The predicted molar refractivity (Wildman–Crippen MR) is 30.9 cm³/mol. The van der Waals surface area contributed by atoms with Crippen molar-refractivity contribution in [3.63, 3.8) is 0 Å². The predicted octanol–water partition coefficient (Wildman–Crippen LogP) is 0.649. The number of hydrogen-bond donors (Lipinski definition) is 1. The molecule has 1 N–H and O–H groups in total. The Balaban J connectivity index is 2.42. The maximum Gasteiger partial charge on any atom is 0.264 e. The van der Waals surface area contributed by atoms with Gasteiger partial charge in [0.05, 0.1) is 0 Å². The quantitative estimate of drug-likeness (QED) is 0.629. The molecule has 60 valence electrons. The van der Waals surface area contributed by atoms with Crippen LogP contribution in [0.3, 0.4) is 0 Å². The number of ether oxygens (including phenoxy) is 1. The molecule has 1 aliphatic rings. The van der Waals surface area contributed by atoms with Crippen LogP contribution < -0.4 is 0 Å². The van der Waals surface area contributed by atoms with Crippen molar-refractivity contribution in [3.8, 4) is 0 Å². The first kappa shape index (κ1) is 7.88. The molecule has 0 saturated carbocycles. The van der Waals surface area contributed by atoms with Gasteiger partial charge in [-0.05, 0) is 6.42 Å². The van der Waals surface area contributed by atoms with Crippen LogP contribution in [-0.2, 0) is 4.74 Å². The third-order valence-electron chi connectivity index (χ3n) is 1.75. The highest BCUT2D eigenvalue weighted by Gasteiger charge is 2.34. The average molecular weight is 152 g/mol. The molecule has 1 saturated heterocycles. The van der Waals surface area contributed by atoms with E-state index in [1.807, 2.05) is 0 Å². The summed E-state index contributed by atoms with van der Waals surface area (Å²) in [5.41, 5.74) is 0. The minimum atomic E-state index is -2.46. The Kier molecular flexibility index (Phi) is 2.56. The van der Waals surface area contributed by atoms with Crippen LogP contribution in [0.4, 0.5) is 8.78 Å². The summed E-state index contributed by atoms with van der Waals surface area (Å²) in [7, 11) is 0. The molecule has 0 aliphatic carbocycles. The molecule has 1 rings (SSSR count). The second-order valence-electron chi connectivity index (χ2n) is 2.40. The van der Waals surface area contributed by atoms with Crippen LogP contribution in [-0.4, -0.2) is 30.8 Å². The van der Waals surface area contributed by atoms with E-state index in [2.05, 4.69) is 0 Å². The Labute approximate surface area is 57.8 Å². The van der Waals surface area contributed by atoms with Crippen LogP contribution in [0.2, 0.25) is 0 Å². The van der Waals surface area contributed by atoms with Crippen LogP contribution in [0.1, 0.15) is 6.42 Å². The number of hydrogen-bond acceptors (Lipinski definition) is 2. The Morgan fingerprint density at radius 3 is 2.70 bits per heavy atom. The fraction of sp³-hybridized carbons (Fsp3) is 1.00. The summed E-state index contributed by atoms with van der Waals surface area (Å²) in [6.45, 7) is 0.148. The Bertz CT molecular complexity index is 108. The van der Waals surface area contributed by atoms with Crippen LogP contribution >= 0.6 is 0 Å². The van der Waals surface area contributed by atoms with Gasteiger partial charge in [-0.2, -0.15) is 0 Å². The molecular weight excluding hydrogens is 142 g/mol. The van der Waals surface area contributed by atoms with Gasteiger partial charge in [-0.25, -0.2) is 8.78 Å². The first-order valence-corrected chi connectivity index (χ1v) is 3.26. The third kappa shape index (κ3) is 1.44. The molecule has 0 aromatic rings. The van der Waals surface area contributed by atoms with E-state index in [0.717, 1.165) is 0 Å². The summed E-state index contributed by atoms with van der Waals surface area (Å²) in [5.74, 6) is -0.361. The van der Waals surface area contributed by atoms with E-state index in [1.54, 1.807) is 0 Å². The third-order valence-corrected chi connectivity index (χ3v) is 1.75. The van der Waals surface area contributed by atoms with Gasteiger partial charge < -0.3 is 9.84 Å². The van der Waals surface area contributed by atoms with Crippen molar-refractivity contribution in [2.24, 2.45) is 5.92 Å². The topological polar surface area (TPSA) is 29.5 Å². The molecule has 1 heterocycles. The highest BCUT2D eigenvalue weighted by atomic mass is 19.3. The zero-order valence-electron chi connectivity index (χ0n) is 5.46. The van der Waals surface area contributed by atoms with Gasteiger partial charge >= 0.3 is 0 Å². The van der Waals surface area contributed by atoms with Crippen LogP contribution in [0.5, 0.6) is 0 Å². The average Bonchev–Trinajstić information content (AvgIpc) is 2.33. The van der Waals surface area contributed by atoms with Gasteiger partial charge in [-0.3, -0.25) is 0 Å². The lowest BCUT2D eigenvalue weighted by Gasteiger charge is -2.14. The van der Waals surface area contributed by atoms with E-state index in [-0.39, 0.29) is 12.5 Å². The highest BCUT2D eigenvalue weighted by Crippen LogP contribution is 2.24. The molecule has 2 atom stereocenters. The van der Waals surface area contributed by atoms with E-state index < -0.39 is 12.5 Å². The zero-order valence-corrected chi connectivity index (χ0v) is 5.46. The van der Waals surface area contributed by atoms with Crippen LogP contribution in [0.15, 0.2) is 0 Å². The standard InChI is InChI=1S/C6H10F2O2/c7-6(8)5-4(3-9)1-2-10-5/h4-6,9H,1-3H2/t4-,5+/m1/s1. The fourth-order valence-corrected chi connectivity index (χ4v) is 1.13. The number of halogens is 2. The minimum absolute atomic E-state index is 0.199. The normalized spacial score (nSPS) is 33.6. The summed E-state index contributed by atoms with van der Waals surface area (Å²) in [6, 6.07) is 0. The molecule has 0 spiro atoms. The van der Waals surface area contributed by atoms with Gasteiger partial charge in [0, 0.05) is 19.1 Å². The maximum atomic E-state index is 11.9. The molecule has 0 aromatic carbocycles. The van der Waals surface area contributed by atoms with Gasteiger partial charge in [0.25, 0.3) is 6.43 Å². The van der Waals surface area contributed by atoms with Crippen molar-refractivity contribution >= 4 is 0 Å². The van der Waals surface area contributed by atoms with Gasteiger partial charge in [-0.1, -0.05) is 0 Å². The van der Waals surface area contributed by atoms with E-state index in [9.17, 15) is 8.78 Å². The smallest absolute Gasteiger partial charge is 0.264 e. The van der Waals surface area contributed by atoms with Crippen LogP contribution in [0, 0.1) is 5.92 Å². The van der Waals surface area contributed by atoms with Gasteiger partial charge in [0.15, 0.2) is 0 Å². The molecule has 1 aliphatic heterocycles. The van der Waals surface area contributed by atoms with Gasteiger partial charge in [0.1, 0.15) is 6.10 Å². The van der Waals surface area contributed by atoms with Gasteiger partial charge in [-0.15, -0.1) is 0 Å². The lowest BCUT2D eigenvalue weighted by Crippen LogP contribution is -2.26. The van der Waals surface area contributed by atoms with Crippen LogP contribution in [0.25, 0.3) is 0 Å². The number of aliphatic hydroxyl groups excluding tert-OH is 1. The molecule has 2 nitrogen and oxygen atoms in total. The highest BCUT2D eigenvalue weighted by molar-refractivity contribution is 4.77. The SMILES string of the molecule is OC[C@H]1CCO[C@@H]1C(F)F. The summed E-state index contributed by atoms with van der Waals surface area (Å²) in [6.07, 6.45) is -2.95. The number of alkyl halides is 2. The van der Waals surface area contributed by atoms with Crippen molar-refractivity contribution in [3.05, 3.63) is 0 Å². The lowest BCUT2D eigenvalue weighted by atomic mass is 10.0. The Morgan fingerprint density at radius 2 is 2.30 bits per heavy atom. The van der Waals surface area contributed by atoms with E-state index in [0.29, 0.717) is 13.0 Å². The fourth-order valence-electron chi connectivity index (χ4n) is 1.13. The van der Waals surface area contributed by atoms with E-state index in [4.69, 9.17) is 9.84 Å².